The maximum absolute atomic E-state index is 14.2. The highest BCUT2D eigenvalue weighted by Gasteiger charge is 2.54. The van der Waals surface area contributed by atoms with Gasteiger partial charge in [-0.3, -0.25) is 4.79 Å². The molecule has 0 saturated carbocycles. The summed E-state index contributed by atoms with van der Waals surface area (Å²) in [6.07, 6.45) is -7.58. The Hall–Kier alpha value is -1.46. The van der Waals surface area contributed by atoms with Crippen LogP contribution in [0.4, 0.5) is 0 Å². The maximum atomic E-state index is 14.2. The lowest BCUT2D eigenvalue weighted by Crippen LogP contribution is -2.61. The molecule has 3 fully saturated rings. The molecule has 0 aromatic rings. The van der Waals surface area contributed by atoms with Gasteiger partial charge < -0.3 is 58.5 Å². The second-order valence-electron chi connectivity index (χ2n) is 16.6. The Labute approximate surface area is 304 Å². The van der Waals surface area contributed by atoms with Crippen molar-refractivity contribution in [2.45, 2.75) is 185 Å². The predicted octanol–water partition coefficient (Wildman–Crippen LogP) is 2.41. The van der Waals surface area contributed by atoms with Gasteiger partial charge in [0.05, 0.1) is 47.6 Å². The molecule has 4 heterocycles. The van der Waals surface area contributed by atoms with Crippen molar-refractivity contribution < 1.29 is 58.4 Å². The molecule has 296 valence electrons. The minimum atomic E-state index is -1.62. The van der Waals surface area contributed by atoms with E-state index in [1.807, 2.05) is 53.6 Å². The monoisotopic (exact) mass is 730 g/mol. The summed E-state index contributed by atoms with van der Waals surface area (Å²) in [4.78, 5) is 20.9. The van der Waals surface area contributed by atoms with Crippen molar-refractivity contribution in [3.63, 3.8) is 0 Å². The number of aliphatic hydroxyl groups is 4. The van der Waals surface area contributed by atoms with Crippen LogP contribution in [0, 0.1) is 17.8 Å². The van der Waals surface area contributed by atoms with E-state index in [2.05, 4.69) is 0 Å². The Bertz CT molecular complexity index is 1220. The molecule has 4 rings (SSSR count). The molecule has 0 radical (unpaired) electrons. The Kier molecular flexibility index (Phi) is 13.4. The van der Waals surface area contributed by atoms with Crippen LogP contribution < -0.4 is 0 Å². The summed E-state index contributed by atoms with van der Waals surface area (Å²) in [5.74, 6) is -2.40. The molecule has 51 heavy (non-hydrogen) atoms. The molecular formula is C37H66N2O12. The largest absolute Gasteiger partial charge is 0.472 e. The molecule has 4 aliphatic rings. The SMILES string of the molecule is CC[C@H]1OC(=O)[C@H](C)[C@@H](O[C@H]2C[C@@](C)(OC)[C@@H](O)[C@H](C)O2)[C@H](C)[C@@H](OC2O[C@H](C)C[C@H](N(C)C)[C@H]2O)[C@](C)(O)C[C@@H](C)C2=N[C@H](C)[C@@H](O2)[C@]1(C)O. The number of ether oxygens (including phenoxy) is 7. The molecule has 1 unspecified atom stereocenters. The molecule has 4 N–H and O–H groups in total. The Balaban J connectivity index is 1.82. The van der Waals surface area contributed by atoms with Crippen LogP contribution >= 0.6 is 0 Å². The van der Waals surface area contributed by atoms with E-state index in [-0.39, 0.29) is 25.0 Å². The number of carbonyl (C=O) groups is 1. The first-order valence-corrected chi connectivity index (χ1v) is 18.7. The number of fused-ring (bicyclic) bond motifs is 2. The second-order valence-corrected chi connectivity index (χ2v) is 16.6. The molecule has 14 nitrogen and oxygen atoms in total. The molecule has 0 amide bonds. The first-order chi connectivity index (χ1) is 23.6. The number of hydrogen-bond acceptors (Lipinski definition) is 14. The van der Waals surface area contributed by atoms with Gasteiger partial charge in [0.1, 0.15) is 23.9 Å². The van der Waals surface area contributed by atoms with E-state index >= 15 is 0 Å². The highest BCUT2D eigenvalue weighted by atomic mass is 16.7. The lowest BCUT2D eigenvalue weighted by Gasteiger charge is -2.49. The van der Waals surface area contributed by atoms with Crippen molar-refractivity contribution in [1.82, 2.24) is 4.90 Å². The van der Waals surface area contributed by atoms with Gasteiger partial charge in [0.2, 0.25) is 0 Å². The number of rotatable bonds is 7. The van der Waals surface area contributed by atoms with E-state index in [9.17, 15) is 25.2 Å². The number of methoxy groups -OCH3 is 1. The summed E-state index contributed by atoms with van der Waals surface area (Å²) in [7, 11) is 5.28. The summed E-state index contributed by atoms with van der Waals surface area (Å²) in [6.45, 7) is 17.7. The molecule has 0 spiro atoms. The second kappa shape index (κ2) is 16.1. The fourth-order valence-electron chi connectivity index (χ4n) is 8.66. The smallest absolute Gasteiger partial charge is 0.311 e. The van der Waals surface area contributed by atoms with Gasteiger partial charge >= 0.3 is 5.97 Å². The molecule has 4 aliphatic heterocycles. The van der Waals surface area contributed by atoms with Gasteiger partial charge in [-0.15, -0.1) is 0 Å². The van der Waals surface area contributed by atoms with E-state index in [4.69, 9.17) is 38.2 Å². The molecule has 3 saturated heterocycles. The summed E-state index contributed by atoms with van der Waals surface area (Å²) < 4.78 is 43.9. The Morgan fingerprint density at radius 3 is 2.20 bits per heavy atom. The van der Waals surface area contributed by atoms with Crippen molar-refractivity contribution in [1.29, 1.82) is 0 Å². The van der Waals surface area contributed by atoms with Gasteiger partial charge in [-0.05, 0) is 81.8 Å². The van der Waals surface area contributed by atoms with Gasteiger partial charge in [-0.25, -0.2) is 4.99 Å². The minimum absolute atomic E-state index is 0.117. The van der Waals surface area contributed by atoms with E-state index in [1.165, 1.54) is 7.11 Å². The third kappa shape index (κ3) is 8.76. The van der Waals surface area contributed by atoms with Crippen LogP contribution in [0.15, 0.2) is 4.99 Å². The summed E-state index contributed by atoms with van der Waals surface area (Å²) in [6, 6.07) is -0.725. The summed E-state index contributed by atoms with van der Waals surface area (Å²) in [5, 5.41) is 46.8. The normalized spacial score (nSPS) is 50.3. The standard InChI is InChI=1S/C37H66N2O12/c1-14-25-37(10,44)31-22(6)38-32(50-31)18(2)16-35(8,43)30(51-34-27(40)24(39(11)12)15-19(3)46-34)20(4)28(21(5)33(42)48-25)49-26-17-36(9,45-13)29(41)23(7)47-26/h18-31,34,40-41,43-44H,14-17H2,1-13H3/t18-,19-,20+,21-,22-,23+,24+,25-,26+,27-,28+,29+,30-,31-,34?,35-,36-,37-/m1/s1. The number of aliphatic imine (C=N–C) groups is 1. The zero-order valence-corrected chi connectivity index (χ0v) is 32.9. The van der Waals surface area contributed by atoms with Gasteiger partial charge in [0.25, 0.3) is 0 Å². The number of hydrogen-bond donors (Lipinski definition) is 4. The number of carbonyl (C=O) groups excluding carboxylic acids is 1. The van der Waals surface area contributed by atoms with Crippen LogP contribution in [-0.2, 0) is 38.0 Å². The third-order valence-corrected chi connectivity index (χ3v) is 11.8. The zero-order valence-electron chi connectivity index (χ0n) is 32.9. The van der Waals surface area contributed by atoms with Crippen molar-refractivity contribution in [2.24, 2.45) is 22.7 Å². The highest BCUT2D eigenvalue weighted by Crippen LogP contribution is 2.41. The average Bonchev–Trinajstić information content (AvgIpc) is 3.46. The first-order valence-electron chi connectivity index (χ1n) is 18.7. The Morgan fingerprint density at radius 2 is 1.61 bits per heavy atom. The van der Waals surface area contributed by atoms with Gasteiger partial charge in [-0.1, -0.05) is 20.8 Å². The predicted molar refractivity (Wildman–Crippen MR) is 188 cm³/mol. The van der Waals surface area contributed by atoms with Crippen LogP contribution in [0.3, 0.4) is 0 Å². The topological polar surface area (TPSA) is 178 Å². The third-order valence-electron chi connectivity index (χ3n) is 11.8. The van der Waals surface area contributed by atoms with Crippen LogP contribution in [0.25, 0.3) is 0 Å². The van der Waals surface area contributed by atoms with Gasteiger partial charge in [0.15, 0.2) is 24.6 Å². The van der Waals surface area contributed by atoms with Crippen molar-refractivity contribution >= 4 is 11.9 Å². The van der Waals surface area contributed by atoms with Gasteiger partial charge in [-0.2, -0.15) is 0 Å². The summed E-state index contributed by atoms with van der Waals surface area (Å²) in [5.41, 5.74) is -4.22. The van der Waals surface area contributed by atoms with Crippen molar-refractivity contribution in [3.05, 3.63) is 0 Å². The number of esters is 1. The van der Waals surface area contributed by atoms with Crippen LogP contribution in [0.5, 0.6) is 0 Å². The first kappa shape index (κ1) is 42.3. The highest BCUT2D eigenvalue weighted by molar-refractivity contribution is 5.80. The molecule has 14 heteroatoms. The number of nitrogens with zero attached hydrogens (tertiary/aromatic N) is 2. The van der Waals surface area contributed by atoms with Crippen LogP contribution in [-0.4, -0.2) is 149 Å². The number of likely N-dealkylation sites (N-methyl/N-ethyl adjacent to an activating group) is 1. The fourth-order valence-corrected chi connectivity index (χ4v) is 8.66. The van der Waals surface area contributed by atoms with E-state index < -0.39 is 102 Å². The van der Waals surface area contributed by atoms with E-state index in [0.717, 1.165) is 0 Å². The number of cyclic esters (lactones) is 1. The molecule has 18 atom stereocenters. The summed E-state index contributed by atoms with van der Waals surface area (Å²) >= 11 is 0. The van der Waals surface area contributed by atoms with E-state index in [0.29, 0.717) is 18.7 Å². The van der Waals surface area contributed by atoms with Crippen LogP contribution in [0.2, 0.25) is 0 Å². The molecule has 0 aliphatic carbocycles. The quantitative estimate of drug-likeness (QED) is 0.281. The molecular weight excluding hydrogens is 664 g/mol. The van der Waals surface area contributed by atoms with E-state index in [1.54, 1.807) is 34.6 Å². The zero-order chi connectivity index (χ0) is 38.4. The average molecular weight is 731 g/mol. The molecule has 0 aromatic heterocycles. The van der Waals surface area contributed by atoms with Crippen molar-refractivity contribution in [3.8, 4) is 0 Å². The fraction of sp³-hybridized carbons (Fsp3) is 0.946. The van der Waals surface area contributed by atoms with Crippen LogP contribution in [0.1, 0.15) is 94.9 Å². The molecule has 2 bridgehead atoms. The minimum Gasteiger partial charge on any atom is -0.472 e. The molecule has 0 aromatic carbocycles. The number of aliphatic hydroxyl groups excluding tert-OH is 2. The lowest BCUT2D eigenvalue weighted by molar-refractivity contribution is -0.318. The van der Waals surface area contributed by atoms with Crippen molar-refractivity contribution in [2.75, 3.05) is 21.2 Å². The van der Waals surface area contributed by atoms with Gasteiger partial charge in [0, 0.05) is 31.4 Å². The lowest BCUT2D eigenvalue weighted by atomic mass is 9.77. The maximum Gasteiger partial charge on any atom is 0.311 e. The Morgan fingerprint density at radius 1 is 0.961 bits per heavy atom.